The van der Waals surface area contributed by atoms with Crippen LogP contribution in [-0.4, -0.2) is 5.11 Å². The zero-order chi connectivity index (χ0) is 13.1. The van der Waals surface area contributed by atoms with Gasteiger partial charge in [-0.25, -0.2) is 8.78 Å². The first-order chi connectivity index (χ1) is 8.63. The largest absolute Gasteiger partial charge is 0.383 e. The molecule has 2 rings (SSSR count). The molecular weight excluding hydrogens is 234 g/mol. The fourth-order valence-electron chi connectivity index (χ4n) is 1.92. The predicted molar refractivity (Wildman–Crippen MR) is 66.2 cm³/mol. The molecule has 1 unspecified atom stereocenters. The highest BCUT2D eigenvalue weighted by atomic mass is 19.1. The molecule has 0 aliphatic heterocycles. The van der Waals surface area contributed by atoms with Gasteiger partial charge in [-0.05, 0) is 29.7 Å². The molecule has 0 bridgehead atoms. The molecule has 0 saturated carbocycles. The van der Waals surface area contributed by atoms with E-state index in [1.54, 1.807) is 18.2 Å². The predicted octanol–water partition coefficient (Wildman–Crippen LogP) is 3.61. The maximum Gasteiger partial charge on any atom is 0.132 e. The van der Waals surface area contributed by atoms with Crippen LogP contribution < -0.4 is 0 Å². The van der Waals surface area contributed by atoms with E-state index in [0.29, 0.717) is 5.56 Å². The average Bonchev–Trinajstić information content (AvgIpc) is 2.38. The quantitative estimate of drug-likeness (QED) is 0.879. The number of aliphatic hydroxyl groups excluding tert-OH is 1. The van der Waals surface area contributed by atoms with E-state index in [4.69, 9.17) is 0 Å². The number of aliphatic hydroxyl groups is 1. The second-order valence-corrected chi connectivity index (χ2v) is 4.14. The maximum atomic E-state index is 13.6. The molecule has 1 nitrogen and oxygen atoms in total. The highest BCUT2D eigenvalue weighted by Crippen LogP contribution is 2.27. The average molecular weight is 248 g/mol. The van der Waals surface area contributed by atoms with Crippen molar-refractivity contribution in [3.05, 3.63) is 70.8 Å². The Balaban J connectivity index is 2.44. The van der Waals surface area contributed by atoms with Crippen molar-refractivity contribution in [2.45, 2.75) is 19.4 Å². The Hall–Kier alpha value is -1.74. The fraction of sp³-hybridized carbons (Fsp3) is 0.200. The van der Waals surface area contributed by atoms with Crippen LogP contribution in [0.15, 0.2) is 42.5 Å². The fourth-order valence-corrected chi connectivity index (χ4v) is 1.92. The SMILES string of the molecule is CCc1cccc(C(O)c2c(F)cccc2F)c1. The van der Waals surface area contributed by atoms with Gasteiger partial charge in [-0.1, -0.05) is 37.3 Å². The molecule has 0 heterocycles. The van der Waals surface area contributed by atoms with Gasteiger partial charge in [0.15, 0.2) is 0 Å². The lowest BCUT2D eigenvalue weighted by Gasteiger charge is -2.14. The number of hydrogen-bond acceptors (Lipinski definition) is 1. The molecule has 0 fully saturated rings. The summed E-state index contributed by atoms with van der Waals surface area (Å²) in [5.74, 6) is -1.46. The molecule has 0 saturated heterocycles. The smallest absolute Gasteiger partial charge is 0.132 e. The number of benzene rings is 2. The summed E-state index contributed by atoms with van der Waals surface area (Å²) in [6.45, 7) is 1.98. The number of hydrogen-bond donors (Lipinski definition) is 1. The first-order valence-electron chi connectivity index (χ1n) is 5.84. The van der Waals surface area contributed by atoms with Gasteiger partial charge >= 0.3 is 0 Å². The molecule has 1 N–H and O–H groups in total. The van der Waals surface area contributed by atoms with Gasteiger partial charge in [0.2, 0.25) is 0 Å². The number of aryl methyl sites for hydroxylation is 1. The van der Waals surface area contributed by atoms with Gasteiger partial charge < -0.3 is 5.11 Å². The maximum absolute atomic E-state index is 13.6. The lowest BCUT2D eigenvalue weighted by Crippen LogP contribution is -2.06. The van der Waals surface area contributed by atoms with Gasteiger partial charge in [0.1, 0.15) is 17.7 Å². The third kappa shape index (κ3) is 2.41. The Morgan fingerprint density at radius 2 is 1.67 bits per heavy atom. The monoisotopic (exact) mass is 248 g/mol. The molecule has 0 radical (unpaired) electrons. The zero-order valence-corrected chi connectivity index (χ0v) is 10.0. The van der Waals surface area contributed by atoms with Crippen LogP contribution in [0.1, 0.15) is 29.7 Å². The van der Waals surface area contributed by atoms with Crippen molar-refractivity contribution in [2.24, 2.45) is 0 Å². The van der Waals surface area contributed by atoms with Crippen LogP contribution in [0.4, 0.5) is 8.78 Å². The molecule has 3 heteroatoms. The van der Waals surface area contributed by atoms with Crippen LogP contribution in [0, 0.1) is 11.6 Å². The molecule has 0 spiro atoms. The molecule has 0 aliphatic rings. The van der Waals surface area contributed by atoms with Crippen molar-refractivity contribution in [3.63, 3.8) is 0 Å². The van der Waals surface area contributed by atoms with Crippen LogP contribution >= 0.6 is 0 Å². The van der Waals surface area contributed by atoms with Gasteiger partial charge in [-0.3, -0.25) is 0 Å². The summed E-state index contributed by atoms with van der Waals surface area (Å²) in [5.41, 5.74) is 1.22. The Labute approximate surface area is 105 Å². The summed E-state index contributed by atoms with van der Waals surface area (Å²) in [6.07, 6.45) is -0.474. The molecule has 2 aromatic rings. The number of rotatable bonds is 3. The Morgan fingerprint density at radius 1 is 1.06 bits per heavy atom. The normalized spacial score (nSPS) is 12.4. The molecule has 2 aromatic carbocycles. The van der Waals surface area contributed by atoms with E-state index in [0.717, 1.165) is 24.1 Å². The first kappa shape index (κ1) is 12.7. The van der Waals surface area contributed by atoms with Crippen molar-refractivity contribution in [3.8, 4) is 0 Å². The van der Waals surface area contributed by atoms with E-state index in [1.165, 1.54) is 6.07 Å². The Morgan fingerprint density at radius 3 is 2.28 bits per heavy atom. The third-order valence-electron chi connectivity index (χ3n) is 2.95. The van der Waals surface area contributed by atoms with Gasteiger partial charge in [0.25, 0.3) is 0 Å². The summed E-state index contributed by atoms with van der Waals surface area (Å²) in [5, 5.41) is 10.1. The van der Waals surface area contributed by atoms with Gasteiger partial charge in [-0.2, -0.15) is 0 Å². The van der Waals surface area contributed by atoms with Crippen molar-refractivity contribution in [2.75, 3.05) is 0 Å². The van der Waals surface area contributed by atoms with Crippen LogP contribution in [0.2, 0.25) is 0 Å². The minimum atomic E-state index is -1.28. The Kier molecular flexibility index (Phi) is 3.72. The molecule has 0 aromatic heterocycles. The molecule has 1 atom stereocenters. The van der Waals surface area contributed by atoms with Crippen molar-refractivity contribution < 1.29 is 13.9 Å². The van der Waals surface area contributed by atoms with Crippen molar-refractivity contribution >= 4 is 0 Å². The van der Waals surface area contributed by atoms with Crippen LogP contribution in [0.3, 0.4) is 0 Å². The second-order valence-electron chi connectivity index (χ2n) is 4.14. The second kappa shape index (κ2) is 5.27. The third-order valence-corrected chi connectivity index (χ3v) is 2.95. The summed E-state index contributed by atoms with van der Waals surface area (Å²) >= 11 is 0. The Bertz CT molecular complexity index is 532. The number of halogens is 2. The van der Waals surface area contributed by atoms with E-state index in [9.17, 15) is 13.9 Å². The van der Waals surface area contributed by atoms with E-state index in [-0.39, 0.29) is 5.56 Å². The topological polar surface area (TPSA) is 20.2 Å². The minimum absolute atomic E-state index is 0.300. The van der Waals surface area contributed by atoms with Gasteiger partial charge in [0, 0.05) is 0 Å². The summed E-state index contributed by atoms with van der Waals surface area (Å²) < 4.78 is 27.1. The lowest BCUT2D eigenvalue weighted by molar-refractivity contribution is 0.209. The van der Waals surface area contributed by atoms with Crippen LogP contribution in [0.25, 0.3) is 0 Å². The van der Waals surface area contributed by atoms with Gasteiger partial charge in [0.05, 0.1) is 5.56 Å². The lowest BCUT2D eigenvalue weighted by atomic mass is 9.98. The molecule has 18 heavy (non-hydrogen) atoms. The molecular formula is C15H14F2O. The molecule has 0 aliphatic carbocycles. The summed E-state index contributed by atoms with van der Waals surface area (Å²) in [4.78, 5) is 0. The highest BCUT2D eigenvalue weighted by Gasteiger charge is 2.19. The molecule has 94 valence electrons. The first-order valence-corrected chi connectivity index (χ1v) is 5.84. The van der Waals surface area contributed by atoms with E-state index in [2.05, 4.69) is 0 Å². The van der Waals surface area contributed by atoms with Crippen LogP contribution in [-0.2, 0) is 6.42 Å². The summed E-state index contributed by atoms with van der Waals surface area (Å²) in [7, 11) is 0. The van der Waals surface area contributed by atoms with Gasteiger partial charge in [-0.15, -0.1) is 0 Å². The summed E-state index contributed by atoms with van der Waals surface area (Å²) in [6, 6.07) is 10.7. The van der Waals surface area contributed by atoms with E-state index < -0.39 is 17.7 Å². The van der Waals surface area contributed by atoms with E-state index in [1.807, 2.05) is 13.0 Å². The standard InChI is InChI=1S/C15H14F2O/c1-2-10-5-3-6-11(9-10)15(18)14-12(16)7-4-8-13(14)17/h3-9,15,18H,2H2,1H3. The van der Waals surface area contributed by atoms with E-state index >= 15 is 0 Å². The van der Waals surface area contributed by atoms with Crippen molar-refractivity contribution in [1.29, 1.82) is 0 Å². The van der Waals surface area contributed by atoms with Crippen LogP contribution in [0.5, 0.6) is 0 Å². The molecule has 0 amide bonds. The zero-order valence-electron chi connectivity index (χ0n) is 10.0. The minimum Gasteiger partial charge on any atom is -0.383 e. The highest BCUT2D eigenvalue weighted by molar-refractivity contribution is 5.34. The van der Waals surface area contributed by atoms with Crippen molar-refractivity contribution in [1.82, 2.24) is 0 Å².